The third kappa shape index (κ3) is 3.40. The van der Waals surface area contributed by atoms with Crippen molar-refractivity contribution >= 4 is 27.3 Å². The van der Waals surface area contributed by atoms with Gasteiger partial charge in [0.1, 0.15) is 0 Å². The first-order valence-corrected chi connectivity index (χ1v) is 8.17. The van der Waals surface area contributed by atoms with Crippen molar-refractivity contribution in [2.75, 3.05) is 17.2 Å². The van der Waals surface area contributed by atoms with E-state index < -0.39 is 0 Å². The first-order chi connectivity index (χ1) is 10.1. The number of rotatable bonds is 6. The minimum atomic E-state index is 0.798. The molecule has 0 amide bonds. The van der Waals surface area contributed by atoms with Gasteiger partial charge in [0.15, 0.2) is 0 Å². The van der Waals surface area contributed by atoms with Crippen molar-refractivity contribution < 1.29 is 0 Å². The fraction of sp³-hybridized carbons (Fsp3) is 0.438. The van der Waals surface area contributed by atoms with Crippen LogP contribution in [0.25, 0.3) is 0 Å². The Morgan fingerprint density at radius 1 is 1.29 bits per heavy atom. The van der Waals surface area contributed by atoms with Gasteiger partial charge in [-0.1, -0.05) is 26.0 Å². The maximum atomic E-state index is 6.14. The molecule has 0 aliphatic carbocycles. The minimum Gasteiger partial charge on any atom is -0.397 e. The molecule has 0 saturated carbocycles. The molecule has 1 heterocycles. The molecule has 0 atom stereocenters. The van der Waals surface area contributed by atoms with Crippen molar-refractivity contribution in [3.63, 3.8) is 0 Å². The lowest BCUT2D eigenvalue weighted by molar-refractivity contribution is 0.666. The zero-order valence-corrected chi connectivity index (χ0v) is 14.5. The number of halogens is 1. The molecule has 0 aliphatic rings. The number of hydrogen-bond acceptors (Lipinski definition) is 3. The summed E-state index contributed by atoms with van der Waals surface area (Å²) in [6.45, 7) is 6.07. The molecule has 0 radical (unpaired) electrons. The lowest BCUT2D eigenvalue weighted by Gasteiger charge is -2.26. The predicted octanol–water partition coefficient (Wildman–Crippen LogP) is 3.74. The Morgan fingerprint density at radius 3 is 2.57 bits per heavy atom. The summed E-state index contributed by atoms with van der Waals surface area (Å²) in [6, 6.07) is 8.03. The number of aromatic nitrogens is 2. The highest BCUT2D eigenvalue weighted by atomic mass is 79.9. The van der Waals surface area contributed by atoms with Gasteiger partial charge in [-0.25, -0.2) is 0 Å². The number of nitrogens with zero attached hydrogens (tertiary/aromatic N) is 3. The van der Waals surface area contributed by atoms with Crippen molar-refractivity contribution in [1.82, 2.24) is 9.78 Å². The highest BCUT2D eigenvalue weighted by molar-refractivity contribution is 9.10. The van der Waals surface area contributed by atoms with E-state index in [0.29, 0.717) is 0 Å². The summed E-state index contributed by atoms with van der Waals surface area (Å²) in [7, 11) is 2.00. The van der Waals surface area contributed by atoms with Crippen LogP contribution in [0.4, 0.5) is 11.4 Å². The smallest absolute Gasteiger partial charge is 0.0767 e. The molecule has 1 aromatic carbocycles. The number of hydrogen-bond donors (Lipinski definition) is 1. The molecule has 0 aliphatic heterocycles. The van der Waals surface area contributed by atoms with Crippen LogP contribution in [0.15, 0.2) is 28.7 Å². The number of aryl methyl sites for hydroxylation is 2. The first kappa shape index (κ1) is 15.9. The Kier molecular flexibility index (Phi) is 5.28. The summed E-state index contributed by atoms with van der Waals surface area (Å²) in [4.78, 5) is 2.32. The van der Waals surface area contributed by atoms with Crippen LogP contribution < -0.4 is 10.6 Å². The van der Waals surface area contributed by atoms with Crippen LogP contribution in [-0.2, 0) is 20.0 Å². The van der Waals surface area contributed by atoms with Gasteiger partial charge in [-0.15, -0.1) is 0 Å². The van der Waals surface area contributed by atoms with Gasteiger partial charge in [0.2, 0.25) is 0 Å². The zero-order valence-electron chi connectivity index (χ0n) is 12.9. The van der Waals surface area contributed by atoms with E-state index in [4.69, 9.17) is 5.73 Å². The molecule has 0 unspecified atom stereocenters. The van der Waals surface area contributed by atoms with Crippen LogP contribution in [0.1, 0.15) is 31.7 Å². The van der Waals surface area contributed by atoms with E-state index in [2.05, 4.69) is 45.8 Å². The zero-order chi connectivity index (χ0) is 15.4. The maximum Gasteiger partial charge on any atom is 0.0767 e. The van der Waals surface area contributed by atoms with Gasteiger partial charge in [0.05, 0.1) is 33.8 Å². The molecule has 5 heteroatoms. The highest BCUT2D eigenvalue weighted by Gasteiger charge is 2.17. The van der Waals surface area contributed by atoms with Crippen molar-refractivity contribution in [3.05, 3.63) is 40.1 Å². The van der Waals surface area contributed by atoms with E-state index >= 15 is 0 Å². The molecule has 114 valence electrons. The Balaban J connectivity index is 2.33. The average Bonchev–Trinajstić information content (AvgIpc) is 2.74. The molecular formula is C16H23BrN4. The van der Waals surface area contributed by atoms with E-state index in [-0.39, 0.29) is 0 Å². The average molecular weight is 351 g/mol. The predicted molar refractivity (Wildman–Crippen MR) is 92.5 cm³/mol. The summed E-state index contributed by atoms with van der Waals surface area (Å²) >= 11 is 3.69. The summed E-state index contributed by atoms with van der Waals surface area (Å²) in [5, 5.41) is 4.57. The van der Waals surface area contributed by atoms with Crippen molar-refractivity contribution in [2.45, 2.75) is 33.2 Å². The second-order valence-corrected chi connectivity index (χ2v) is 5.96. The molecule has 4 nitrogen and oxygen atoms in total. The first-order valence-electron chi connectivity index (χ1n) is 7.38. The van der Waals surface area contributed by atoms with Gasteiger partial charge in [-0.3, -0.25) is 4.68 Å². The third-order valence-corrected chi connectivity index (χ3v) is 4.53. The number of para-hydroxylation sites is 2. The van der Waals surface area contributed by atoms with E-state index in [0.717, 1.165) is 47.5 Å². The Labute approximate surface area is 135 Å². The van der Waals surface area contributed by atoms with Gasteiger partial charge >= 0.3 is 0 Å². The van der Waals surface area contributed by atoms with Crippen LogP contribution in [0.2, 0.25) is 0 Å². The normalized spacial score (nSPS) is 10.9. The fourth-order valence-corrected chi connectivity index (χ4v) is 3.24. The highest BCUT2D eigenvalue weighted by Crippen LogP contribution is 2.28. The summed E-state index contributed by atoms with van der Waals surface area (Å²) < 4.78 is 3.08. The molecule has 2 rings (SSSR count). The summed E-state index contributed by atoms with van der Waals surface area (Å²) in [5.74, 6) is 0. The molecule has 0 spiro atoms. The lowest BCUT2D eigenvalue weighted by Crippen LogP contribution is -2.25. The molecule has 0 saturated heterocycles. The topological polar surface area (TPSA) is 47.1 Å². The van der Waals surface area contributed by atoms with Crippen LogP contribution in [0.5, 0.6) is 0 Å². The number of anilines is 2. The molecule has 0 bridgehead atoms. The maximum absolute atomic E-state index is 6.14. The van der Waals surface area contributed by atoms with E-state index in [1.54, 1.807) is 0 Å². The molecule has 2 aromatic rings. The van der Waals surface area contributed by atoms with Gasteiger partial charge < -0.3 is 10.6 Å². The van der Waals surface area contributed by atoms with Crippen molar-refractivity contribution in [1.29, 1.82) is 0 Å². The van der Waals surface area contributed by atoms with Crippen molar-refractivity contribution in [2.24, 2.45) is 7.05 Å². The Bertz CT molecular complexity index is 606. The fourth-order valence-electron chi connectivity index (χ4n) is 2.50. The second kappa shape index (κ2) is 6.98. The molecular weight excluding hydrogens is 328 g/mol. The number of nitrogen functional groups attached to an aromatic ring is 1. The van der Waals surface area contributed by atoms with Crippen LogP contribution in [0, 0.1) is 0 Å². The van der Waals surface area contributed by atoms with Gasteiger partial charge in [0.25, 0.3) is 0 Å². The van der Waals surface area contributed by atoms with Gasteiger partial charge in [0, 0.05) is 13.6 Å². The molecule has 2 N–H and O–H groups in total. The van der Waals surface area contributed by atoms with E-state index in [9.17, 15) is 0 Å². The Hall–Kier alpha value is -1.49. The second-order valence-electron chi connectivity index (χ2n) is 5.16. The van der Waals surface area contributed by atoms with Crippen LogP contribution in [0.3, 0.4) is 0 Å². The molecule has 1 aromatic heterocycles. The quantitative estimate of drug-likeness (QED) is 0.807. The number of benzene rings is 1. The monoisotopic (exact) mass is 350 g/mol. The lowest BCUT2D eigenvalue weighted by atomic mass is 10.2. The Morgan fingerprint density at radius 2 is 2.00 bits per heavy atom. The standard InChI is InChI=1S/C16H23BrN4/c1-4-10-21(14-9-7-6-8-12(14)18)11-15-16(17)13(5-2)19-20(15)3/h6-9H,4-5,10-11,18H2,1-3H3. The number of nitrogens with two attached hydrogens (primary N) is 1. The van der Waals surface area contributed by atoms with Crippen LogP contribution >= 0.6 is 15.9 Å². The van der Waals surface area contributed by atoms with Crippen molar-refractivity contribution in [3.8, 4) is 0 Å². The third-order valence-electron chi connectivity index (χ3n) is 3.61. The largest absolute Gasteiger partial charge is 0.397 e. The van der Waals surface area contributed by atoms with Crippen LogP contribution in [-0.4, -0.2) is 16.3 Å². The SMILES string of the molecule is CCCN(Cc1c(Br)c(CC)nn1C)c1ccccc1N. The molecule has 21 heavy (non-hydrogen) atoms. The summed E-state index contributed by atoms with van der Waals surface area (Å²) in [5.41, 5.74) is 10.3. The minimum absolute atomic E-state index is 0.798. The van der Waals surface area contributed by atoms with E-state index in [1.165, 1.54) is 5.69 Å². The van der Waals surface area contributed by atoms with Gasteiger partial charge in [-0.05, 0) is 40.9 Å². The van der Waals surface area contributed by atoms with E-state index in [1.807, 2.05) is 29.9 Å². The molecule has 0 fully saturated rings. The summed E-state index contributed by atoms with van der Waals surface area (Å²) in [6.07, 6.45) is 2.00. The van der Waals surface area contributed by atoms with Gasteiger partial charge in [-0.2, -0.15) is 5.10 Å².